The van der Waals surface area contributed by atoms with E-state index >= 15 is 0 Å². The van der Waals surface area contributed by atoms with Crippen LogP contribution in [0.15, 0.2) is 18.2 Å². The number of amides is 1. The molecule has 4 heteroatoms. The van der Waals surface area contributed by atoms with E-state index in [0.29, 0.717) is 18.8 Å². The van der Waals surface area contributed by atoms with E-state index < -0.39 is 0 Å². The van der Waals surface area contributed by atoms with E-state index in [2.05, 4.69) is 5.32 Å². The molecule has 0 saturated carbocycles. The van der Waals surface area contributed by atoms with Gasteiger partial charge in [0.15, 0.2) is 5.78 Å². The van der Waals surface area contributed by atoms with Gasteiger partial charge in [-0.3, -0.25) is 9.59 Å². The van der Waals surface area contributed by atoms with E-state index in [1.165, 1.54) is 0 Å². The Morgan fingerprint density at radius 3 is 2.81 bits per heavy atom. The van der Waals surface area contributed by atoms with Crippen LogP contribution in [0.2, 0.25) is 0 Å². The second-order valence-electron chi connectivity index (χ2n) is 5.99. The number of anilines is 1. The Kier molecular flexibility index (Phi) is 4.06. The third-order valence-corrected chi connectivity index (χ3v) is 4.56. The van der Waals surface area contributed by atoms with Crippen LogP contribution < -0.4 is 10.2 Å². The van der Waals surface area contributed by atoms with Crippen molar-refractivity contribution in [3.8, 4) is 0 Å². The van der Waals surface area contributed by atoms with Gasteiger partial charge in [-0.2, -0.15) is 0 Å². The summed E-state index contributed by atoms with van der Waals surface area (Å²) >= 11 is 0. The number of nitrogens with zero attached hydrogens (tertiary/aromatic N) is 1. The molecular formula is C17H22N2O2. The number of Topliss-reactive ketones (excluding diaryl/α,β-unsaturated/α-hetero) is 1. The Morgan fingerprint density at radius 1 is 1.33 bits per heavy atom. The topological polar surface area (TPSA) is 49.4 Å². The molecule has 21 heavy (non-hydrogen) atoms. The zero-order chi connectivity index (χ0) is 14.8. The summed E-state index contributed by atoms with van der Waals surface area (Å²) in [5.74, 6) is 0.893. The Labute approximate surface area is 125 Å². The van der Waals surface area contributed by atoms with Crippen LogP contribution in [-0.2, 0) is 11.2 Å². The summed E-state index contributed by atoms with van der Waals surface area (Å²) in [6.07, 6.45) is 3.20. The molecule has 2 aliphatic heterocycles. The Morgan fingerprint density at radius 2 is 2.10 bits per heavy atom. The highest BCUT2D eigenvalue weighted by atomic mass is 16.2. The highest BCUT2D eigenvalue weighted by molar-refractivity contribution is 6.03. The van der Waals surface area contributed by atoms with Gasteiger partial charge in [0.05, 0.1) is 6.42 Å². The SMILES string of the molecule is CCC(=O)c1ccc2c(c1)CC(=O)N2CC1CCNCC1. The van der Waals surface area contributed by atoms with Gasteiger partial charge in [0.25, 0.3) is 0 Å². The fourth-order valence-electron chi connectivity index (χ4n) is 3.28. The quantitative estimate of drug-likeness (QED) is 0.863. The normalized spacial score (nSPS) is 18.9. The first kappa shape index (κ1) is 14.3. The number of rotatable bonds is 4. The second kappa shape index (κ2) is 5.98. The Bertz CT molecular complexity index is 562. The van der Waals surface area contributed by atoms with E-state index in [-0.39, 0.29) is 11.7 Å². The zero-order valence-electron chi connectivity index (χ0n) is 12.5. The van der Waals surface area contributed by atoms with Gasteiger partial charge in [0, 0.05) is 24.2 Å². The van der Waals surface area contributed by atoms with Crippen LogP contribution in [0.5, 0.6) is 0 Å². The zero-order valence-corrected chi connectivity index (χ0v) is 12.5. The summed E-state index contributed by atoms with van der Waals surface area (Å²) < 4.78 is 0. The molecule has 0 unspecified atom stereocenters. The minimum Gasteiger partial charge on any atom is -0.317 e. The van der Waals surface area contributed by atoms with Crippen molar-refractivity contribution in [1.82, 2.24) is 5.32 Å². The molecule has 4 nitrogen and oxygen atoms in total. The fraction of sp³-hybridized carbons (Fsp3) is 0.529. The van der Waals surface area contributed by atoms with E-state index in [4.69, 9.17) is 0 Å². The first-order chi connectivity index (χ1) is 10.2. The number of piperidine rings is 1. The van der Waals surface area contributed by atoms with E-state index in [1.807, 2.05) is 30.0 Å². The van der Waals surface area contributed by atoms with E-state index in [1.54, 1.807) is 0 Å². The maximum atomic E-state index is 12.3. The molecule has 0 aromatic heterocycles. The van der Waals surface area contributed by atoms with Gasteiger partial charge in [-0.15, -0.1) is 0 Å². The summed E-state index contributed by atoms with van der Waals surface area (Å²) in [6, 6.07) is 5.71. The number of carbonyl (C=O) groups excluding carboxylic acids is 2. The van der Waals surface area contributed by atoms with Crippen molar-refractivity contribution in [3.63, 3.8) is 0 Å². The van der Waals surface area contributed by atoms with Crippen LogP contribution in [0.1, 0.15) is 42.1 Å². The average Bonchev–Trinajstić information content (AvgIpc) is 2.82. The van der Waals surface area contributed by atoms with Crippen molar-refractivity contribution in [2.24, 2.45) is 5.92 Å². The molecule has 1 aromatic rings. The molecule has 0 spiro atoms. The molecule has 0 radical (unpaired) electrons. The number of fused-ring (bicyclic) bond motifs is 1. The number of benzene rings is 1. The number of ketones is 1. The van der Waals surface area contributed by atoms with Crippen LogP contribution in [-0.4, -0.2) is 31.3 Å². The van der Waals surface area contributed by atoms with Crippen molar-refractivity contribution in [1.29, 1.82) is 0 Å². The second-order valence-corrected chi connectivity index (χ2v) is 5.99. The van der Waals surface area contributed by atoms with Gasteiger partial charge in [0.2, 0.25) is 5.91 Å². The molecule has 2 aliphatic rings. The Hall–Kier alpha value is -1.68. The van der Waals surface area contributed by atoms with Gasteiger partial charge in [-0.1, -0.05) is 6.92 Å². The van der Waals surface area contributed by atoms with Gasteiger partial charge in [0.1, 0.15) is 0 Å². The first-order valence-corrected chi connectivity index (χ1v) is 7.86. The third-order valence-electron chi connectivity index (χ3n) is 4.56. The monoisotopic (exact) mass is 286 g/mol. The van der Waals surface area contributed by atoms with Crippen LogP contribution in [0.4, 0.5) is 5.69 Å². The van der Waals surface area contributed by atoms with Crippen molar-refractivity contribution < 1.29 is 9.59 Å². The minimum atomic E-state index is 0.141. The number of hydrogen-bond acceptors (Lipinski definition) is 3. The first-order valence-electron chi connectivity index (χ1n) is 7.86. The van der Waals surface area contributed by atoms with E-state index in [0.717, 1.165) is 49.3 Å². The van der Waals surface area contributed by atoms with Gasteiger partial charge in [-0.05, 0) is 55.6 Å². The summed E-state index contributed by atoms with van der Waals surface area (Å²) in [4.78, 5) is 26.0. The molecule has 112 valence electrons. The number of nitrogens with one attached hydrogen (secondary N) is 1. The fourth-order valence-corrected chi connectivity index (χ4v) is 3.28. The maximum Gasteiger partial charge on any atom is 0.231 e. The molecule has 0 aliphatic carbocycles. The largest absolute Gasteiger partial charge is 0.317 e. The van der Waals surface area contributed by atoms with Crippen LogP contribution in [0, 0.1) is 5.92 Å². The lowest BCUT2D eigenvalue weighted by atomic mass is 9.97. The average molecular weight is 286 g/mol. The smallest absolute Gasteiger partial charge is 0.231 e. The summed E-state index contributed by atoms with van der Waals surface area (Å²) in [6.45, 7) is 4.77. The van der Waals surface area contributed by atoms with Crippen LogP contribution in [0.25, 0.3) is 0 Å². The lowest BCUT2D eigenvalue weighted by Crippen LogP contribution is -2.37. The van der Waals surface area contributed by atoms with Crippen molar-refractivity contribution >= 4 is 17.4 Å². The molecule has 2 heterocycles. The molecule has 1 aromatic carbocycles. The van der Waals surface area contributed by atoms with Crippen molar-refractivity contribution in [2.45, 2.75) is 32.6 Å². The molecule has 0 bridgehead atoms. The highest BCUT2D eigenvalue weighted by Gasteiger charge is 2.30. The van der Waals surface area contributed by atoms with Gasteiger partial charge < -0.3 is 10.2 Å². The van der Waals surface area contributed by atoms with Crippen LogP contribution in [0.3, 0.4) is 0 Å². The molecule has 1 amide bonds. The number of carbonyl (C=O) groups is 2. The molecule has 3 rings (SSSR count). The molecule has 1 N–H and O–H groups in total. The lowest BCUT2D eigenvalue weighted by Gasteiger charge is -2.27. The van der Waals surface area contributed by atoms with Crippen LogP contribution >= 0.6 is 0 Å². The lowest BCUT2D eigenvalue weighted by molar-refractivity contribution is -0.117. The van der Waals surface area contributed by atoms with Crippen molar-refractivity contribution in [3.05, 3.63) is 29.3 Å². The van der Waals surface area contributed by atoms with E-state index in [9.17, 15) is 9.59 Å². The van der Waals surface area contributed by atoms with Gasteiger partial charge >= 0.3 is 0 Å². The highest BCUT2D eigenvalue weighted by Crippen LogP contribution is 2.31. The summed E-state index contributed by atoms with van der Waals surface area (Å²) in [7, 11) is 0. The minimum absolute atomic E-state index is 0.141. The maximum absolute atomic E-state index is 12.3. The summed E-state index contributed by atoms with van der Waals surface area (Å²) in [5.41, 5.74) is 2.74. The molecular weight excluding hydrogens is 264 g/mol. The third kappa shape index (κ3) is 2.86. The standard InChI is InChI=1S/C17H22N2O2/c1-2-16(20)13-3-4-15-14(9-13)10-17(21)19(15)11-12-5-7-18-8-6-12/h3-4,9,12,18H,2,5-8,10-11H2,1H3. The number of hydrogen-bond donors (Lipinski definition) is 1. The predicted octanol–water partition coefficient (Wildman–Crippen LogP) is 2.17. The van der Waals surface area contributed by atoms with Gasteiger partial charge in [-0.25, -0.2) is 0 Å². The summed E-state index contributed by atoms with van der Waals surface area (Å²) in [5, 5.41) is 3.36. The molecule has 1 saturated heterocycles. The molecule has 1 fully saturated rings. The predicted molar refractivity (Wildman–Crippen MR) is 82.7 cm³/mol. The Balaban J connectivity index is 1.79. The van der Waals surface area contributed by atoms with Crippen molar-refractivity contribution in [2.75, 3.05) is 24.5 Å². The molecule has 0 atom stereocenters.